The first-order valence-corrected chi connectivity index (χ1v) is 8.53. The number of halogens is 3. The molecule has 0 radical (unpaired) electrons. The van der Waals surface area contributed by atoms with Crippen molar-refractivity contribution in [3.63, 3.8) is 0 Å². The quantitative estimate of drug-likeness (QED) is 0.672. The molecule has 1 atom stereocenters. The number of aryl methyl sites for hydroxylation is 1. The van der Waals surface area contributed by atoms with Gasteiger partial charge in [0.05, 0.1) is 28.5 Å². The second-order valence-electron chi connectivity index (χ2n) is 5.90. The summed E-state index contributed by atoms with van der Waals surface area (Å²) in [4.78, 5) is 8.43. The highest BCUT2D eigenvalue weighted by atomic mass is 35.5. The molecule has 0 saturated carbocycles. The van der Waals surface area contributed by atoms with Crippen molar-refractivity contribution in [1.82, 2.24) is 9.55 Å². The van der Waals surface area contributed by atoms with Crippen LogP contribution in [0.2, 0.25) is 10.0 Å². The lowest BCUT2D eigenvalue weighted by molar-refractivity contribution is 0.333. The third-order valence-corrected chi connectivity index (χ3v) is 5.11. The lowest BCUT2D eigenvalue weighted by Crippen LogP contribution is -2.15. The van der Waals surface area contributed by atoms with Crippen LogP contribution in [0.5, 0.6) is 5.75 Å². The zero-order chi connectivity index (χ0) is 20.9. The normalized spacial score (nSPS) is 19.0. The number of nitrogens with zero attached hydrogens (tertiary/aromatic N) is 3. The van der Waals surface area contributed by atoms with Gasteiger partial charge in [-0.2, -0.15) is 0 Å². The summed E-state index contributed by atoms with van der Waals surface area (Å²) in [6, 6.07) is 6.17. The Kier molecular flexibility index (Phi) is 3.51. The van der Waals surface area contributed by atoms with Gasteiger partial charge in [-0.15, -0.1) is 0 Å². The fraction of sp³-hybridized carbons (Fsp3) is 0.222. The highest BCUT2D eigenvalue weighted by Gasteiger charge is 2.24. The molecule has 1 aliphatic heterocycles. The van der Waals surface area contributed by atoms with E-state index in [9.17, 15) is 4.39 Å². The van der Waals surface area contributed by atoms with Crippen molar-refractivity contribution in [1.29, 1.82) is 0 Å². The highest BCUT2D eigenvalue weighted by Crippen LogP contribution is 2.36. The lowest BCUT2D eigenvalue weighted by atomic mass is 10.00. The molecule has 0 saturated heterocycles. The van der Waals surface area contributed by atoms with Gasteiger partial charge in [0.15, 0.2) is 11.3 Å². The molecule has 134 valence electrons. The van der Waals surface area contributed by atoms with Crippen LogP contribution in [-0.2, 0) is 6.98 Å². The van der Waals surface area contributed by atoms with Crippen molar-refractivity contribution in [2.45, 2.75) is 5.92 Å². The van der Waals surface area contributed by atoms with Crippen molar-refractivity contribution in [3.05, 3.63) is 57.5 Å². The summed E-state index contributed by atoms with van der Waals surface area (Å²) in [5.41, 5.74) is 7.05. The number of rotatable bonds is 2. The van der Waals surface area contributed by atoms with E-state index >= 15 is 0 Å². The SMILES string of the molecule is [2H]C([2H])([2H])n1cnc(=Nc2ccc(Cl)c(Cl)c2F)c2cc3c(cc21)OCC3CN. The average molecular weight is 396 g/mol. The van der Waals surface area contributed by atoms with Crippen molar-refractivity contribution in [3.8, 4) is 5.75 Å². The molecule has 2 aromatic carbocycles. The van der Waals surface area contributed by atoms with Crippen LogP contribution in [0.4, 0.5) is 10.1 Å². The zero-order valence-electron chi connectivity index (χ0n) is 16.3. The Balaban J connectivity index is 2.04. The van der Waals surface area contributed by atoms with E-state index in [1.807, 2.05) is 0 Å². The van der Waals surface area contributed by atoms with Gasteiger partial charge in [0.25, 0.3) is 0 Å². The predicted octanol–water partition coefficient (Wildman–Crippen LogP) is 3.69. The van der Waals surface area contributed by atoms with Gasteiger partial charge >= 0.3 is 0 Å². The summed E-state index contributed by atoms with van der Waals surface area (Å²) in [6.07, 6.45) is 1.14. The minimum atomic E-state index is -2.47. The number of nitrogens with two attached hydrogens (primary N) is 1. The second-order valence-corrected chi connectivity index (χ2v) is 6.68. The molecule has 2 N–H and O–H groups in total. The molecule has 0 aliphatic carbocycles. The minimum absolute atomic E-state index is 0.0367. The Morgan fingerprint density at radius 1 is 1.46 bits per heavy atom. The van der Waals surface area contributed by atoms with Gasteiger partial charge in [-0.3, -0.25) is 0 Å². The molecule has 1 aliphatic rings. The Bertz CT molecular complexity index is 1200. The summed E-state index contributed by atoms with van der Waals surface area (Å²) in [5.74, 6) is -0.264. The van der Waals surface area contributed by atoms with E-state index in [1.165, 1.54) is 12.1 Å². The molecule has 1 aromatic heterocycles. The maximum absolute atomic E-state index is 14.5. The van der Waals surface area contributed by atoms with Crippen molar-refractivity contribution >= 4 is 39.8 Å². The third kappa shape index (κ3) is 2.74. The third-order valence-electron chi connectivity index (χ3n) is 4.33. The molecule has 1 unspecified atom stereocenters. The molecule has 0 spiro atoms. The maximum Gasteiger partial charge on any atom is 0.168 e. The number of aromatic nitrogens is 2. The molecule has 2 heterocycles. The second kappa shape index (κ2) is 6.54. The molecular weight excluding hydrogens is 378 g/mol. The van der Waals surface area contributed by atoms with Crippen molar-refractivity contribution < 1.29 is 13.2 Å². The molecular formula is C18H15Cl2FN4O. The molecule has 26 heavy (non-hydrogen) atoms. The fourth-order valence-electron chi connectivity index (χ4n) is 2.93. The van der Waals surface area contributed by atoms with Gasteiger partial charge in [-0.05, 0) is 18.2 Å². The number of hydrogen-bond donors (Lipinski definition) is 1. The van der Waals surface area contributed by atoms with E-state index in [1.54, 1.807) is 12.1 Å². The maximum atomic E-state index is 14.5. The van der Waals surface area contributed by atoms with Crippen LogP contribution in [0.3, 0.4) is 0 Å². The Morgan fingerprint density at radius 2 is 2.31 bits per heavy atom. The van der Waals surface area contributed by atoms with Crippen LogP contribution in [0.1, 0.15) is 15.6 Å². The molecule has 3 aromatic rings. The van der Waals surface area contributed by atoms with E-state index in [0.717, 1.165) is 16.5 Å². The van der Waals surface area contributed by atoms with E-state index < -0.39 is 12.8 Å². The number of fused-ring (bicyclic) bond motifs is 2. The van der Waals surface area contributed by atoms with Gasteiger partial charge in [0, 0.05) is 40.6 Å². The first kappa shape index (κ1) is 14.0. The number of hydrogen-bond acceptors (Lipinski definition) is 4. The van der Waals surface area contributed by atoms with Crippen LogP contribution in [0, 0.1) is 5.82 Å². The standard InChI is InChI=1S/C18H15Cl2FN4O/c1-25-8-23-18(24-13-3-2-12(19)16(20)17(13)21)11-4-10-9(6-22)7-26-15(10)5-14(11)25/h2-5,8-9H,6-7,22H2,1H3/i1D3. The number of benzene rings is 2. The van der Waals surface area contributed by atoms with Crippen molar-refractivity contribution in [2.75, 3.05) is 13.2 Å². The fourth-order valence-corrected chi connectivity index (χ4v) is 3.24. The monoisotopic (exact) mass is 395 g/mol. The van der Waals surface area contributed by atoms with Gasteiger partial charge in [-0.1, -0.05) is 23.2 Å². The van der Waals surface area contributed by atoms with Crippen LogP contribution >= 0.6 is 23.2 Å². The van der Waals surface area contributed by atoms with Crippen molar-refractivity contribution in [2.24, 2.45) is 17.7 Å². The van der Waals surface area contributed by atoms with Crippen LogP contribution in [-0.4, -0.2) is 22.7 Å². The predicted molar refractivity (Wildman–Crippen MR) is 99.6 cm³/mol. The first-order valence-electron chi connectivity index (χ1n) is 9.27. The number of ether oxygens (including phenoxy) is 1. The highest BCUT2D eigenvalue weighted by molar-refractivity contribution is 6.42. The van der Waals surface area contributed by atoms with Gasteiger partial charge in [-0.25, -0.2) is 14.4 Å². The Morgan fingerprint density at radius 3 is 3.08 bits per heavy atom. The molecule has 0 fully saturated rings. The summed E-state index contributed by atoms with van der Waals surface area (Å²) >= 11 is 11.7. The molecule has 0 amide bonds. The average Bonchev–Trinajstić information content (AvgIpc) is 3.08. The molecule has 8 heteroatoms. The van der Waals surface area contributed by atoms with Gasteiger partial charge in [0.1, 0.15) is 11.4 Å². The van der Waals surface area contributed by atoms with Crippen LogP contribution in [0.15, 0.2) is 35.6 Å². The Hall–Kier alpha value is -2.15. The van der Waals surface area contributed by atoms with E-state index in [2.05, 4.69) is 9.98 Å². The molecule has 5 nitrogen and oxygen atoms in total. The summed E-state index contributed by atoms with van der Waals surface area (Å²) in [6.45, 7) is -1.71. The van der Waals surface area contributed by atoms with Crippen LogP contribution < -0.4 is 16.0 Å². The van der Waals surface area contributed by atoms with E-state index in [4.69, 9.17) is 37.8 Å². The van der Waals surface area contributed by atoms with E-state index in [0.29, 0.717) is 29.8 Å². The Labute approximate surface area is 163 Å². The van der Waals surface area contributed by atoms with Gasteiger partial charge in [0.2, 0.25) is 0 Å². The summed E-state index contributed by atoms with van der Waals surface area (Å²) < 4.78 is 44.5. The topological polar surface area (TPSA) is 65.4 Å². The van der Waals surface area contributed by atoms with Gasteiger partial charge < -0.3 is 15.0 Å². The smallest absolute Gasteiger partial charge is 0.168 e. The summed E-state index contributed by atoms with van der Waals surface area (Å²) in [5, 5.41) is 0.245. The zero-order valence-corrected chi connectivity index (χ0v) is 14.9. The first-order chi connectivity index (χ1) is 13.7. The van der Waals surface area contributed by atoms with E-state index in [-0.39, 0.29) is 27.1 Å². The summed E-state index contributed by atoms with van der Waals surface area (Å²) in [7, 11) is 0. The molecule has 4 rings (SSSR count). The minimum Gasteiger partial charge on any atom is -0.493 e. The largest absolute Gasteiger partial charge is 0.493 e. The van der Waals surface area contributed by atoms with Crippen LogP contribution in [0.25, 0.3) is 10.9 Å². The lowest BCUT2D eigenvalue weighted by Gasteiger charge is -2.09. The molecule has 0 bridgehead atoms.